The van der Waals surface area contributed by atoms with Gasteiger partial charge in [0.25, 0.3) is 0 Å². The summed E-state index contributed by atoms with van der Waals surface area (Å²) in [7, 11) is 4.25. The van der Waals surface area contributed by atoms with Gasteiger partial charge < -0.3 is 38.7 Å². The normalized spacial score (nSPS) is 29.8. The number of carbonyl (C=O) groups is 2. The molecule has 32 heavy (non-hydrogen) atoms. The quantitative estimate of drug-likeness (QED) is 0.425. The van der Waals surface area contributed by atoms with Crippen LogP contribution in [0.1, 0.15) is 34.7 Å². The molecule has 174 valence electrons. The fourth-order valence-corrected chi connectivity index (χ4v) is 5.12. The Balaban J connectivity index is 1.23. The minimum absolute atomic E-state index is 0.00296. The number of ether oxygens (including phenoxy) is 2. The molecular formula is C21H29BN2O8. The van der Waals surface area contributed by atoms with E-state index in [0.717, 1.165) is 17.6 Å². The largest absolute Gasteiger partial charge is 0.669 e. The van der Waals surface area contributed by atoms with E-state index in [1.165, 1.54) is 0 Å². The van der Waals surface area contributed by atoms with Gasteiger partial charge in [-0.2, -0.15) is 0 Å². The Labute approximate surface area is 185 Å². The number of aromatic carboxylic acids is 1. The third-order valence-electron chi connectivity index (χ3n) is 7.10. The molecule has 0 spiro atoms. The second-order valence-corrected chi connectivity index (χ2v) is 10.1. The highest BCUT2D eigenvalue weighted by Crippen LogP contribution is 2.63. The number of hydrogen-bond donors (Lipinski definition) is 3. The van der Waals surface area contributed by atoms with E-state index in [2.05, 4.69) is 14.1 Å². The van der Waals surface area contributed by atoms with Crippen LogP contribution >= 0.6 is 0 Å². The molecule has 3 N–H and O–H groups in total. The molecule has 1 amide bonds. The van der Waals surface area contributed by atoms with Crippen molar-refractivity contribution in [1.82, 2.24) is 4.90 Å². The lowest BCUT2D eigenvalue weighted by Crippen LogP contribution is -2.58. The molecule has 5 rings (SSSR count). The number of benzene rings is 1. The molecule has 1 saturated carbocycles. The van der Waals surface area contributed by atoms with E-state index in [1.807, 2.05) is 0 Å². The van der Waals surface area contributed by atoms with Gasteiger partial charge in [0, 0.05) is 0 Å². The zero-order chi connectivity index (χ0) is 22.8. The summed E-state index contributed by atoms with van der Waals surface area (Å²) in [5.74, 6) is -1.68. The van der Waals surface area contributed by atoms with Crippen molar-refractivity contribution in [1.29, 1.82) is 0 Å². The second kappa shape index (κ2) is 7.34. The Morgan fingerprint density at radius 2 is 2.03 bits per heavy atom. The van der Waals surface area contributed by atoms with Crippen LogP contribution in [0.15, 0.2) is 12.1 Å². The van der Waals surface area contributed by atoms with Gasteiger partial charge >= 0.3 is 12.7 Å². The number of fused-ring (bicyclic) bond motifs is 3. The summed E-state index contributed by atoms with van der Waals surface area (Å²) < 4.78 is 17.8. The minimum Gasteiger partial charge on any atom is -0.669 e. The van der Waals surface area contributed by atoms with Crippen molar-refractivity contribution < 1.29 is 43.4 Å². The predicted molar refractivity (Wildman–Crippen MR) is 113 cm³/mol. The van der Waals surface area contributed by atoms with Crippen LogP contribution in [0, 0.1) is 0 Å². The van der Waals surface area contributed by atoms with Crippen molar-refractivity contribution in [2.75, 3.05) is 46.9 Å². The van der Waals surface area contributed by atoms with E-state index < -0.39 is 12.7 Å². The first-order valence-corrected chi connectivity index (χ1v) is 11.1. The van der Waals surface area contributed by atoms with Crippen LogP contribution < -0.4 is 9.39 Å². The lowest BCUT2D eigenvalue weighted by molar-refractivity contribution is -0.901. The Bertz CT molecular complexity index is 961. The second-order valence-electron chi connectivity index (χ2n) is 10.1. The highest BCUT2D eigenvalue weighted by Gasteiger charge is 2.55. The Morgan fingerprint density at radius 3 is 2.72 bits per heavy atom. The molecule has 11 heteroatoms. The summed E-state index contributed by atoms with van der Waals surface area (Å²) in [6, 6.07) is 3.32. The van der Waals surface area contributed by atoms with E-state index in [-0.39, 0.29) is 46.9 Å². The number of carboxylic acid groups (broad SMARTS) is 1. The number of likely N-dealkylation sites (N-methyl/N-ethyl adjacent to an activating group) is 1. The maximum atomic E-state index is 12.6. The number of carbonyl (C=O) groups excluding carboxylic acids is 1. The predicted octanol–water partition coefficient (Wildman–Crippen LogP) is 0.0131. The number of morpholine rings is 1. The standard InChI is InChI=1S/C21H29BN2O8/c1-24(2)5-6-30-12(11-24)7-18(25)23-9-13(10-23)31-17-4-3-14-15-8-16(15)22(28,29)32-20(14)19(17)21(26)27/h3-4,12-13,15-16,28-29H,5-11H2,1-2H3,(H,26,27)/t12-,15+,16+/m1/s1. The summed E-state index contributed by atoms with van der Waals surface area (Å²) in [6.45, 7) is -0.00876. The Hall–Kier alpha value is -2.34. The average Bonchev–Trinajstić information content (AvgIpc) is 3.44. The van der Waals surface area contributed by atoms with E-state index in [4.69, 9.17) is 14.1 Å². The summed E-state index contributed by atoms with van der Waals surface area (Å²) in [5, 5.41) is 30.0. The first-order chi connectivity index (χ1) is 15.0. The molecule has 3 aliphatic heterocycles. The molecule has 3 atom stereocenters. The molecule has 1 aliphatic carbocycles. The molecule has 1 aromatic rings. The molecule has 0 bridgehead atoms. The highest BCUT2D eigenvalue weighted by molar-refractivity contribution is 6.62. The zero-order valence-corrected chi connectivity index (χ0v) is 18.3. The van der Waals surface area contributed by atoms with E-state index >= 15 is 0 Å². The topological polar surface area (TPSA) is 126 Å². The van der Waals surface area contributed by atoms with Gasteiger partial charge in [0.05, 0.1) is 46.0 Å². The molecule has 0 unspecified atom stereocenters. The lowest BCUT2D eigenvalue weighted by atomic mass is 9.68. The molecule has 2 saturated heterocycles. The van der Waals surface area contributed by atoms with Gasteiger partial charge in [0.1, 0.15) is 36.6 Å². The third-order valence-corrected chi connectivity index (χ3v) is 7.10. The third kappa shape index (κ3) is 3.83. The maximum absolute atomic E-state index is 12.6. The Kier molecular flexibility index (Phi) is 4.93. The first-order valence-electron chi connectivity index (χ1n) is 11.1. The molecule has 4 aliphatic rings. The van der Waals surface area contributed by atoms with Crippen molar-refractivity contribution >= 4 is 18.6 Å². The summed E-state index contributed by atoms with van der Waals surface area (Å²) >= 11 is 0. The van der Waals surface area contributed by atoms with E-state index in [1.54, 1.807) is 17.0 Å². The van der Waals surface area contributed by atoms with Crippen LogP contribution in [0.25, 0.3) is 0 Å². The van der Waals surface area contributed by atoms with Crippen LogP contribution in [0.4, 0.5) is 0 Å². The van der Waals surface area contributed by atoms with Crippen molar-refractivity contribution in [3.8, 4) is 11.5 Å². The van der Waals surface area contributed by atoms with E-state index in [0.29, 0.717) is 38.1 Å². The van der Waals surface area contributed by atoms with Crippen LogP contribution in [0.2, 0.25) is 5.82 Å². The molecule has 1 aromatic carbocycles. The van der Waals surface area contributed by atoms with Crippen LogP contribution in [-0.4, -0.2) is 102 Å². The Morgan fingerprint density at radius 1 is 1.28 bits per heavy atom. The number of likely N-dealkylation sites (tertiary alicyclic amines) is 1. The number of rotatable bonds is 5. The average molecular weight is 448 g/mol. The van der Waals surface area contributed by atoms with Crippen molar-refractivity contribution in [2.45, 2.75) is 36.8 Å². The zero-order valence-electron chi connectivity index (χ0n) is 18.3. The van der Waals surface area contributed by atoms with Gasteiger partial charge in [-0.15, -0.1) is 0 Å². The maximum Gasteiger partial charge on any atom is 0.434 e. The number of amides is 1. The first kappa shape index (κ1) is 21.5. The van der Waals surface area contributed by atoms with Gasteiger partial charge in [0.15, 0.2) is 0 Å². The van der Waals surface area contributed by atoms with Gasteiger partial charge in [-0.1, -0.05) is 18.3 Å². The molecule has 0 radical (unpaired) electrons. The van der Waals surface area contributed by atoms with Crippen molar-refractivity contribution in [2.24, 2.45) is 0 Å². The molecule has 3 fully saturated rings. The SMILES string of the molecule is C[N+]1(C)CCO[C@H](CC(=O)N2CC(Oc3ccc4c(c3C(=O)O)O[B-](O)(O)[C@H]3C[C@@H]43)C2)C1. The van der Waals surface area contributed by atoms with Gasteiger partial charge in [-0.05, 0) is 17.5 Å². The minimum atomic E-state index is -3.09. The van der Waals surface area contributed by atoms with Crippen molar-refractivity contribution in [3.63, 3.8) is 0 Å². The van der Waals surface area contributed by atoms with E-state index in [9.17, 15) is 24.7 Å². The highest BCUT2D eigenvalue weighted by atomic mass is 16.6. The summed E-state index contributed by atoms with van der Waals surface area (Å²) in [5.41, 5.74) is 0.460. The van der Waals surface area contributed by atoms with Gasteiger partial charge in [0.2, 0.25) is 5.91 Å². The monoisotopic (exact) mass is 448 g/mol. The van der Waals surface area contributed by atoms with Crippen LogP contribution in [0.5, 0.6) is 11.5 Å². The van der Waals surface area contributed by atoms with Gasteiger partial charge in [-0.25, -0.2) is 4.79 Å². The molecule has 3 heterocycles. The van der Waals surface area contributed by atoms with Crippen LogP contribution in [0.3, 0.4) is 0 Å². The van der Waals surface area contributed by atoms with Gasteiger partial charge in [-0.3, -0.25) is 4.79 Å². The number of quaternary nitrogens is 1. The fourth-order valence-electron chi connectivity index (χ4n) is 5.12. The fraction of sp³-hybridized carbons (Fsp3) is 0.619. The number of carboxylic acids is 1. The molecule has 0 aromatic heterocycles. The molecule has 10 nitrogen and oxygen atoms in total. The molecular weight excluding hydrogens is 419 g/mol. The number of nitrogens with zero attached hydrogens (tertiary/aromatic N) is 2. The smallest absolute Gasteiger partial charge is 0.434 e. The van der Waals surface area contributed by atoms with Crippen molar-refractivity contribution in [3.05, 3.63) is 23.3 Å². The summed E-state index contributed by atoms with van der Waals surface area (Å²) in [6.07, 6.45) is 0.430. The lowest BCUT2D eigenvalue weighted by Gasteiger charge is -2.42. The number of hydrogen-bond acceptors (Lipinski definition) is 7. The van der Waals surface area contributed by atoms with Crippen LogP contribution in [-0.2, 0) is 9.53 Å². The summed E-state index contributed by atoms with van der Waals surface area (Å²) in [4.78, 5) is 26.2.